The molecule has 6 heteroatoms. The molecule has 3 rings (SSSR count). The zero-order chi connectivity index (χ0) is 13.9. The minimum absolute atomic E-state index is 0.109. The van der Waals surface area contributed by atoms with E-state index in [9.17, 15) is 4.79 Å². The van der Waals surface area contributed by atoms with Crippen molar-refractivity contribution in [3.8, 4) is 0 Å². The van der Waals surface area contributed by atoms with Crippen LogP contribution in [0.5, 0.6) is 0 Å². The Hall–Kier alpha value is -2.50. The van der Waals surface area contributed by atoms with E-state index in [2.05, 4.69) is 9.88 Å². The third kappa shape index (κ3) is 2.45. The van der Waals surface area contributed by atoms with Gasteiger partial charge in [0.2, 0.25) is 0 Å². The standard InChI is InChI=1S/C14H16N4O2/c15-12-5-4-11(20-12)14(19)18-9-7-17(8-10-18)13-3-1-2-6-16-13/h1-6H,7-10,15H2. The van der Waals surface area contributed by atoms with Gasteiger partial charge < -0.3 is 20.0 Å². The highest BCUT2D eigenvalue weighted by Gasteiger charge is 2.24. The van der Waals surface area contributed by atoms with Crippen molar-refractivity contribution >= 4 is 17.6 Å². The number of nitrogen functional groups attached to an aromatic ring is 1. The fourth-order valence-corrected chi connectivity index (χ4v) is 2.30. The topological polar surface area (TPSA) is 75.6 Å². The lowest BCUT2D eigenvalue weighted by atomic mass is 10.2. The van der Waals surface area contributed by atoms with Crippen LogP contribution in [0.1, 0.15) is 10.6 Å². The molecule has 1 saturated heterocycles. The van der Waals surface area contributed by atoms with Crippen molar-refractivity contribution < 1.29 is 9.21 Å². The summed E-state index contributed by atoms with van der Waals surface area (Å²) in [6, 6.07) is 9.04. The summed E-state index contributed by atoms with van der Waals surface area (Å²) in [7, 11) is 0. The van der Waals surface area contributed by atoms with Crippen LogP contribution in [0.25, 0.3) is 0 Å². The molecular formula is C14H16N4O2. The SMILES string of the molecule is Nc1ccc(C(=O)N2CCN(c3ccccn3)CC2)o1. The van der Waals surface area contributed by atoms with Crippen LogP contribution in [0.3, 0.4) is 0 Å². The number of carbonyl (C=O) groups is 1. The van der Waals surface area contributed by atoms with Crippen LogP contribution >= 0.6 is 0 Å². The number of piperazine rings is 1. The van der Waals surface area contributed by atoms with E-state index < -0.39 is 0 Å². The summed E-state index contributed by atoms with van der Waals surface area (Å²) >= 11 is 0. The van der Waals surface area contributed by atoms with E-state index in [0.717, 1.165) is 18.9 Å². The molecule has 0 bridgehead atoms. The van der Waals surface area contributed by atoms with Crippen molar-refractivity contribution in [2.24, 2.45) is 0 Å². The fourth-order valence-electron chi connectivity index (χ4n) is 2.30. The lowest BCUT2D eigenvalue weighted by molar-refractivity contribution is 0.0715. The molecular weight excluding hydrogens is 256 g/mol. The molecule has 2 N–H and O–H groups in total. The Labute approximate surface area is 116 Å². The average molecular weight is 272 g/mol. The van der Waals surface area contributed by atoms with Gasteiger partial charge in [-0.15, -0.1) is 0 Å². The smallest absolute Gasteiger partial charge is 0.289 e. The van der Waals surface area contributed by atoms with Gasteiger partial charge in [-0.05, 0) is 18.2 Å². The molecule has 1 fully saturated rings. The Balaban J connectivity index is 1.63. The quantitative estimate of drug-likeness (QED) is 0.889. The van der Waals surface area contributed by atoms with Gasteiger partial charge in [-0.2, -0.15) is 0 Å². The molecule has 0 saturated carbocycles. The molecule has 2 aromatic rings. The first-order valence-corrected chi connectivity index (χ1v) is 6.54. The number of amides is 1. The van der Waals surface area contributed by atoms with Crippen molar-refractivity contribution in [3.63, 3.8) is 0 Å². The number of furan rings is 1. The van der Waals surface area contributed by atoms with Gasteiger partial charge >= 0.3 is 0 Å². The highest BCUT2D eigenvalue weighted by Crippen LogP contribution is 2.16. The summed E-state index contributed by atoms with van der Waals surface area (Å²) in [5.74, 6) is 1.40. The van der Waals surface area contributed by atoms with Crippen LogP contribution in [0.4, 0.5) is 11.7 Å². The van der Waals surface area contributed by atoms with E-state index in [1.54, 1.807) is 23.2 Å². The number of carbonyl (C=O) groups excluding carboxylic acids is 1. The second kappa shape index (κ2) is 5.24. The van der Waals surface area contributed by atoms with E-state index >= 15 is 0 Å². The number of hydrogen-bond donors (Lipinski definition) is 1. The second-order valence-corrected chi connectivity index (χ2v) is 4.67. The third-order valence-corrected chi connectivity index (χ3v) is 3.38. The second-order valence-electron chi connectivity index (χ2n) is 4.67. The van der Waals surface area contributed by atoms with Gasteiger partial charge in [0, 0.05) is 38.4 Å². The van der Waals surface area contributed by atoms with Gasteiger partial charge in [0.05, 0.1) is 0 Å². The molecule has 1 amide bonds. The largest absolute Gasteiger partial charge is 0.436 e. The van der Waals surface area contributed by atoms with Crippen molar-refractivity contribution in [3.05, 3.63) is 42.3 Å². The molecule has 6 nitrogen and oxygen atoms in total. The molecule has 2 aromatic heterocycles. The van der Waals surface area contributed by atoms with Crippen LogP contribution in [0, 0.1) is 0 Å². The number of rotatable bonds is 2. The molecule has 0 atom stereocenters. The highest BCUT2D eigenvalue weighted by molar-refractivity contribution is 5.92. The Kier molecular flexibility index (Phi) is 3.28. The summed E-state index contributed by atoms with van der Waals surface area (Å²) in [5, 5.41) is 0. The monoisotopic (exact) mass is 272 g/mol. The maximum absolute atomic E-state index is 12.2. The van der Waals surface area contributed by atoms with Crippen LogP contribution in [-0.2, 0) is 0 Å². The van der Waals surface area contributed by atoms with Crippen LogP contribution in [-0.4, -0.2) is 42.0 Å². The maximum atomic E-state index is 12.2. The first-order chi connectivity index (χ1) is 9.74. The van der Waals surface area contributed by atoms with E-state index in [1.165, 1.54) is 0 Å². The number of nitrogens with two attached hydrogens (primary N) is 1. The molecule has 1 aliphatic rings. The Morgan fingerprint density at radius 2 is 1.95 bits per heavy atom. The molecule has 1 aliphatic heterocycles. The Morgan fingerprint density at radius 1 is 1.15 bits per heavy atom. The molecule has 3 heterocycles. The van der Waals surface area contributed by atoms with Gasteiger partial charge in [-0.25, -0.2) is 4.98 Å². The molecule has 0 aromatic carbocycles. The minimum Gasteiger partial charge on any atom is -0.436 e. The van der Waals surface area contributed by atoms with Gasteiger partial charge in [-0.1, -0.05) is 6.07 Å². The fraction of sp³-hybridized carbons (Fsp3) is 0.286. The Bertz CT molecular complexity index is 588. The number of anilines is 2. The van der Waals surface area contributed by atoms with E-state index in [1.807, 2.05) is 18.2 Å². The molecule has 104 valence electrons. The van der Waals surface area contributed by atoms with E-state index in [-0.39, 0.29) is 11.8 Å². The van der Waals surface area contributed by atoms with Crippen LogP contribution < -0.4 is 10.6 Å². The summed E-state index contributed by atoms with van der Waals surface area (Å²) in [6.07, 6.45) is 1.78. The third-order valence-electron chi connectivity index (χ3n) is 3.38. The van der Waals surface area contributed by atoms with Crippen LogP contribution in [0.15, 0.2) is 40.9 Å². The lowest BCUT2D eigenvalue weighted by Crippen LogP contribution is -2.49. The summed E-state index contributed by atoms with van der Waals surface area (Å²) in [5.41, 5.74) is 5.49. The van der Waals surface area contributed by atoms with Gasteiger partial charge in [0.1, 0.15) is 5.82 Å². The van der Waals surface area contributed by atoms with Crippen LogP contribution in [0.2, 0.25) is 0 Å². The van der Waals surface area contributed by atoms with E-state index in [0.29, 0.717) is 18.8 Å². The zero-order valence-electron chi connectivity index (χ0n) is 11.0. The number of hydrogen-bond acceptors (Lipinski definition) is 5. The summed E-state index contributed by atoms with van der Waals surface area (Å²) in [6.45, 7) is 2.82. The summed E-state index contributed by atoms with van der Waals surface area (Å²) < 4.78 is 5.17. The highest BCUT2D eigenvalue weighted by atomic mass is 16.4. The Morgan fingerprint density at radius 3 is 2.55 bits per heavy atom. The molecule has 0 unspecified atom stereocenters. The number of nitrogens with zero attached hydrogens (tertiary/aromatic N) is 3. The van der Waals surface area contributed by atoms with E-state index in [4.69, 9.17) is 10.2 Å². The van der Waals surface area contributed by atoms with Gasteiger partial charge in [0.25, 0.3) is 5.91 Å². The van der Waals surface area contributed by atoms with Crippen molar-refractivity contribution in [2.45, 2.75) is 0 Å². The average Bonchev–Trinajstić information content (AvgIpc) is 2.94. The number of aromatic nitrogens is 1. The van der Waals surface area contributed by atoms with Crippen molar-refractivity contribution in [2.75, 3.05) is 36.8 Å². The van der Waals surface area contributed by atoms with Crippen molar-refractivity contribution in [1.29, 1.82) is 0 Å². The molecule has 20 heavy (non-hydrogen) atoms. The van der Waals surface area contributed by atoms with Crippen molar-refractivity contribution in [1.82, 2.24) is 9.88 Å². The molecule has 0 aliphatic carbocycles. The summed E-state index contributed by atoms with van der Waals surface area (Å²) in [4.78, 5) is 20.5. The maximum Gasteiger partial charge on any atom is 0.289 e. The van der Waals surface area contributed by atoms with Gasteiger partial charge in [0.15, 0.2) is 11.6 Å². The predicted octanol–water partition coefficient (Wildman–Crippen LogP) is 1.22. The first kappa shape index (κ1) is 12.5. The predicted molar refractivity (Wildman–Crippen MR) is 75.5 cm³/mol. The lowest BCUT2D eigenvalue weighted by Gasteiger charge is -2.34. The number of pyridine rings is 1. The normalized spacial score (nSPS) is 15.4. The first-order valence-electron chi connectivity index (χ1n) is 6.54. The minimum atomic E-state index is -0.109. The molecule has 0 spiro atoms. The molecule has 0 radical (unpaired) electrons. The van der Waals surface area contributed by atoms with Gasteiger partial charge in [-0.3, -0.25) is 4.79 Å². The zero-order valence-corrected chi connectivity index (χ0v) is 11.0.